The summed E-state index contributed by atoms with van der Waals surface area (Å²) in [6.45, 7) is 5.37. The summed E-state index contributed by atoms with van der Waals surface area (Å²) in [4.78, 5) is 27.6. The third-order valence-corrected chi connectivity index (χ3v) is 4.91. The number of aromatic nitrogens is 2. The van der Waals surface area contributed by atoms with Gasteiger partial charge >= 0.3 is 0 Å². The maximum absolute atomic E-state index is 13.1. The summed E-state index contributed by atoms with van der Waals surface area (Å²) in [5, 5.41) is 0. The van der Waals surface area contributed by atoms with E-state index in [0.717, 1.165) is 18.8 Å². The number of morpholine rings is 1. The van der Waals surface area contributed by atoms with Gasteiger partial charge in [-0.15, -0.1) is 0 Å². The van der Waals surface area contributed by atoms with Gasteiger partial charge in [0, 0.05) is 51.2 Å². The van der Waals surface area contributed by atoms with Gasteiger partial charge in [0.1, 0.15) is 11.5 Å². The number of rotatable bonds is 3. The zero-order valence-electron chi connectivity index (χ0n) is 15.1. The van der Waals surface area contributed by atoms with Crippen LogP contribution in [0.15, 0.2) is 36.5 Å². The minimum Gasteiger partial charge on any atom is -0.378 e. The number of carbonyl (C=O) groups excluding carboxylic acids is 1. The molecular weight excluding hydrogens is 349 g/mol. The first-order valence-corrected chi connectivity index (χ1v) is 9.16. The number of amides is 1. The number of ether oxygens (including phenoxy) is 1. The molecule has 8 heteroatoms. The van der Waals surface area contributed by atoms with Crippen molar-refractivity contribution >= 4 is 17.5 Å². The minimum atomic E-state index is -0.243. The molecule has 0 aliphatic carbocycles. The average Bonchev–Trinajstić information content (AvgIpc) is 2.75. The van der Waals surface area contributed by atoms with E-state index in [4.69, 9.17) is 4.74 Å². The lowest BCUT2D eigenvalue weighted by molar-refractivity contribution is 0.0740. The Labute approximate surface area is 157 Å². The number of halogens is 1. The van der Waals surface area contributed by atoms with Gasteiger partial charge in [0.05, 0.1) is 13.2 Å². The molecule has 7 nitrogen and oxygen atoms in total. The Hall–Kier alpha value is -2.74. The number of nitrogens with zero attached hydrogens (tertiary/aromatic N) is 5. The van der Waals surface area contributed by atoms with Gasteiger partial charge in [0.2, 0.25) is 5.95 Å². The molecule has 4 rings (SSSR count). The van der Waals surface area contributed by atoms with E-state index in [0.29, 0.717) is 51.0 Å². The third-order valence-electron chi connectivity index (χ3n) is 4.91. The fraction of sp³-hybridized carbons (Fsp3) is 0.421. The number of hydrogen-bond donors (Lipinski definition) is 0. The van der Waals surface area contributed by atoms with Crippen molar-refractivity contribution in [2.75, 3.05) is 62.3 Å². The fourth-order valence-corrected chi connectivity index (χ4v) is 3.36. The predicted molar refractivity (Wildman–Crippen MR) is 99.6 cm³/mol. The highest BCUT2D eigenvalue weighted by molar-refractivity contribution is 5.92. The largest absolute Gasteiger partial charge is 0.378 e. The maximum Gasteiger partial charge on any atom is 0.272 e. The molecule has 0 radical (unpaired) electrons. The Bertz CT molecular complexity index is 787. The fourth-order valence-electron chi connectivity index (χ4n) is 3.36. The van der Waals surface area contributed by atoms with Crippen molar-refractivity contribution in [2.24, 2.45) is 0 Å². The number of carbonyl (C=O) groups is 1. The molecule has 0 bridgehead atoms. The molecule has 1 aromatic heterocycles. The zero-order chi connectivity index (χ0) is 18.6. The van der Waals surface area contributed by atoms with Crippen molar-refractivity contribution in [1.82, 2.24) is 14.9 Å². The van der Waals surface area contributed by atoms with Gasteiger partial charge < -0.3 is 19.4 Å². The summed E-state index contributed by atoms with van der Waals surface area (Å²) in [6.07, 6.45) is 1.64. The quantitative estimate of drug-likeness (QED) is 0.813. The number of benzene rings is 1. The lowest BCUT2D eigenvalue weighted by Gasteiger charge is -2.36. The van der Waals surface area contributed by atoms with Gasteiger partial charge in [0.15, 0.2) is 0 Å². The monoisotopic (exact) mass is 371 g/mol. The molecule has 0 atom stereocenters. The highest BCUT2D eigenvalue weighted by Gasteiger charge is 2.24. The molecule has 2 aromatic rings. The number of piperazine rings is 1. The van der Waals surface area contributed by atoms with Crippen LogP contribution in [0.25, 0.3) is 0 Å². The molecule has 0 N–H and O–H groups in total. The lowest BCUT2D eigenvalue weighted by atomic mass is 10.2. The topological polar surface area (TPSA) is 61.8 Å². The van der Waals surface area contributed by atoms with Crippen LogP contribution in [0.5, 0.6) is 0 Å². The standard InChI is InChI=1S/C19H22FN5O2/c20-15-1-3-16(4-2-15)23-7-9-24(10-8-23)18(26)17-5-6-21-19(22-17)25-11-13-27-14-12-25/h1-6H,7-14H2. The molecule has 2 aliphatic heterocycles. The average molecular weight is 371 g/mol. The number of anilines is 2. The molecular formula is C19H22FN5O2. The Morgan fingerprint density at radius 2 is 1.63 bits per heavy atom. The Morgan fingerprint density at radius 1 is 0.926 bits per heavy atom. The predicted octanol–water partition coefficient (Wildman–Crippen LogP) is 1.41. The summed E-state index contributed by atoms with van der Waals surface area (Å²) >= 11 is 0. The van der Waals surface area contributed by atoms with Crippen molar-refractivity contribution in [3.05, 3.63) is 48.0 Å². The van der Waals surface area contributed by atoms with Gasteiger partial charge in [-0.05, 0) is 30.3 Å². The van der Waals surface area contributed by atoms with Crippen molar-refractivity contribution in [3.63, 3.8) is 0 Å². The summed E-state index contributed by atoms with van der Waals surface area (Å²) in [5.74, 6) is 0.257. The van der Waals surface area contributed by atoms with E-state index in [1.807, 2.05) is 9.80 Å². The summed E-state index contributed by atoms with van der Waals surface area (Å²) < 4.78 is 18.4. The number of hydrogen-bond acceptors (Lipinski definition) is 6. The van der Waals surface area contributed by atoms with Gasteiger partial charge in [-0.25, -0.2) is 14.4 Å². The smallest absolute Gasteiger partial charge is 0.272 e. The van der Waals surface area contributed by atoms with Gasteiger partial charge in [0.25, 0.3) is 5.91 Å². The maximum atomic E-state index is 13.1. The Morgan fingerprint density at radius 3 is 2.33 bits per heavy atom. The van der Waals surface area contributed by atoms with Crippen LogP contribution in [-0.4, -0.2) is 73.3 Å². The van der Waals surface area contributed by atoms with E-state index >= 15 is 0 Å². The molecule has 2 saturated heterocycles. The van der Waals surface area contributed by atoms with Crippen molar-refractivity contribution in [1.29, 1.82) is 0 Å². The minimum absolute atomic E-state index is 0.0781. The molecule has 142 valence electrons. The van der Waals surface area contributed by atoms with E-state index in [1.54, 1.807) is 24.4 Å². The summed E-state index contributed by atoms with van der Waals surface area (Å²) in [7, 11) is 0. The van der Waals surface area contributed by atoms with E-state index in [1.165, 1.54) is 12.1 Å². The third kappa shape index (κ3) is 4.00. The highest BCUT2D eigenvalue weighted by atomic mass is 19.1. The molecule has 0 saturated carbocycles. The SMILES string of the molecule is O=C(c1ccnc(N2CCOCC2)n1)N1CCN(c2ccc(F)cc2)CC1. The van der Waals surface area contributed by atoms with Crippen LogP contribution >= 0.6 is 0 Å². The molecule has 3 heterocycles. The normalized spacial score (nSPS) is 17.9. The summed E-state index contributed by atoms with van der Waals surface area (Å²) in [6, 6.07) is 8.12. The molecule has 1 aromatic carbocycles. The van der Waals surface area contributed by atoms with E-state index in [2.05, 4.69) is 14.9 Å². The molecule has 2 aliphatic rings. The molecule has 2 fully saturated rings. The van der Waals surface area contributed by atoms with Crippen LogP contribution in [0.4, 0.5) is 16.0 Å². The molecule has 1 amide bonds. The van der Waals surface area contributed by atoms with Crippen molar-refractivity contribution in [3.8, 4) is 0 Å². The zero-order valence-corrected chi connectivity index (χ0v) is 15.1. The van der Waals surface area contributed by atoms with Crippen LogP contribution in [0.3, 0.4) is 0 Å². The van der Waals surface area contributed by atoms with E-state index in [9.17, 15) is 9.18 Å². The van der Waals surface area contributed by atoms with Gasteiger partial charge in [-0.1, -0.05) is 0 Å². The molecule has 27 heavy (non-hydrogen) atoms. The van der Waals surface area contributed by atoms with Crippen molar-refractivity contribution in [2.45, 2.75) is 0 Å². The first-order chi connectivity index (χ1) is 13.2. The van der Waals surface area contributed by atoms with Crippen LogP contribution < -0.4 is 9.80 Å². The lowest BCUT2D eigenvalue weighted by Crippen LogP contribution is -2.49. The second kappa shape index (κ2) is 7.87. The van der Waals surface area contributed by atoms with Gasteiger partial charge in [-0.3, -0.25) is 4.79 Å². The summed E-state index contributed by atoms with van der Waals surface area (Å²) in [5.41, 5.74) is 1.39. The highest BCUT2D eigenvalue weighted by Crippen LogP contribution is 2.18. The second-order valence-electron chi connectivity index (χ2n) is 6.60. The van der Waals surface area contributed by atoms with Crippen LogP contribution in [0.2, 0.25) is 0 Å². The van der Waals surface area contributed by atoms with E-state index < -0.39 is 0 Å². The molecule has 0 spiro atoms. The van der Waals surface area contributed by atoms with Crippen LogP contribution in [-0.2, 0) is 4.74 Å². The molecule has 0 unspecified atom stereocenters. The second-order valence-corrected chi connectivity index (χ2v) is 6.60. The van der Waals surface area contributed by atoms with Crippen molar-refractivity contribution < 1.29 is 13.9 Å². The first-order valence-electron chi connectivity index (χ1n) is 9.16. The Balaban J connectivity index is 1.39. The Kier molecular flexibility index (Phi) is 5.15. The van der Waals surface area contributed by atoms with E-state index in [-0.39, 0.29) is 11.7 Å². The van der Waals surface area contributed by atoms with Gasteiger partial charge in [-0.2, -0.15) is 0 Å². The first kappa shape index (κ1) is 17.7. The van der Waals surface area contributed by atoms with Crippen LogP contribution in [0.1, 0.15) is 10.5 Å². The van der Waals surface area contributed by atoms with Crippen LogP contribution in [0, 0.1) is 5.82 Å².